The zero-order valence-electron chi connectivity index (χ0n) is 15.7. The number of nitrogens with one attached hydrogen (secondary N) is 1. The quantitative estimate of drug-likeness (QED) is 0.826. The number of hydrogen-bond donors (Lipinski definition) is 1. The highest BCUT2D eigenvalue weighted by Gasteiger charge is 2.68. The molecule has 132 valence electrons. The van der Waals surface area contributed by atoms with Crippen LogP contribution in [0.2, 0.25) is 0 Å². The lowest BCUT2D eigenvalue weighted by Crippen LogP contribution is -2.60. The molecule has 3 nitrogen and oxygen atoms in total. The van der Waals surface area contributed by atoms with Crippen molar-refractivity contribution in [3.05, 3.63) is 0 Å². The van der Waals surface area contributed by atoms with Crippen LogP contribution in [0.4, 0.5) is 0 Å². The monoisotopic (exact) mass is 321 g/mol. The average molecular weight is 322 g/mol. The molecule has 0 aromatic rings. The van der Waals surface area contributed by atoms with E-state index in [1.807, 2.05) is 0 Å². The number of ether oxygens (including phenoxy) is 1. The van der Waals surface area contributed by atoms with Crippen LogP contribution in [-0.2, 0) is 9.53 Å². The molecule has 2 saturated carbocycles. The summed E-state index contributed by atoms with van der Waals surface area (Å²) in [5.41, 5.74) is 0.510. The Morgan fingerprint density at radius 3 is 2.74 bits per heavy atom. The second kappa shape index (κ2) is 6.06. The average Bonchev–Trinajstić information content (AvgIpc) is 2.93. The van der Waals surface area contributed by atoms with Gasteiger partial charge in [0, 0.05) is 19.1 Å². The summed E-state index contributed by atoms with van der Waals surface area (Å²) >= 11 is 0. The Balaban J connectivity index is 1.84. The SMILES string of the molecule is CCC[C@H]1OCC[C@@]23C[C@@H](C[C@H]12)C(C)(C)[C@@H]3NC(=O)CC(C)C. The minimum absolute atomic E-state index is 0.219. The fourth-order valence-electron chi connectivity index (χ4n) is 6.07. The highest BCUT2D eigenvalue weighted by atomic mass is 16.5. The molecule has 1 saturated heterocycles. The van der Waals surface area contributed by atoms with Gasteiger partial charge in [0.2, 0.25) is 5.91 Å². The number of amides is 1. The van der Waals surface area contributed by atoms with Gasteiger partial charge in [0.05, 0.1) is 6.10 Å². The molecule has 0 unspecified atom stereocenters. The second-order valence-electron chi connectivity index (χ2n) is 9.34. The fraction of sp³-hybridized carbons (Fsp3) is 0.950. The Labute approximate surface area is 141 Å². The predicted octanol–water partition coefficient (Wildman–Crippen LogP) is 4.16. The van der Waals surface area contributed by atoms with Crippen LogP contribution in [0.25, 0.3) is 0 Å². The fourth-order valence-corrected chi connectivity index (χ4v) is 6.07. The first-order valence-electron chi connectivity index (χ1n) is 9.72. The maximum atomic E-state index is 12.5. The number of carbonyl (C=O) groups excluding carboxylic acids is 1. The van der Waals surface area contributed by atoms with Crippen molar-refractivity contribution in [2.75, 3.05) is 6.61 Å². The zero-order valence-corrected chi connectivity index (χ0v) is 15.7. The topological polar surface area (TPSA) is 38.3 Å². The molecule has 1 spiro atoms. The van der Waals surface area contributed by atoms with Gasteiger partial charge in [-0.15, -0.1) is 0 Å². The van der Waals surface area contributed by atoms with Gasteiger partial charge in [0.15, 0.2) is 0 Å². The number of rotatable bonds is 5. The third-order valence-corrected chi connectivity index (χ3v) is 7.09. The summed E-state index contributed by atoms with van der Waals surface area (Å²) < 4.78 is 6.15. The lowest BCUT2D eigenvalue weighted by molar-refractivity contribution is -0.137. The van der Waals surface area contributed by atoms with Crippen molar-refractivity contribution in [1.82, 2.24) is 5.32 Å². The Bertz CT molecular complexity index is 457. The van der Waals surface area contributed by atoms with Gasteiger partial charge in [-0.2, -0.15) is 0 Å². The molecule has 1 amide bonds. The molecule has 0 aromatic heterocycles. The van der Waals surface area contributed by atoms with Crippen LogP contribution in [0.5, 0.6) is 0 Å². The largest absolute Gasteiger partial charge is 0.378 e. The molecule has 2 bridgehead atoms. The molecule has 0 radical (unpaired) electrons. The van der Waals surface area contributed by atoms with Crippen molar-refractivity contribution >= 4 is 5.91 Å². The first kappa shape index (κ1) is 17.3. The smallest absolute Gasteiger partial charge is 0.220 e. The Morgan fingerprint density at radius 2 is 2.09 bits per heavy atom. The van der Waals surface area contributed by atoms with Crippen LogP contribution in [-0.4, -0.2) is 24.7 Å². The van der Waals surface area contributed by atoms with Crippen molar-refractivity contribution in [1.29, 1.82) is 0 Å². The van der Waals surface area contributed by atoms with Gasteiger partial charge < -0.3 is 10.1 Å². The normalized spacial score (nSPS) is 41.1. The van der Waals surface area contributed by atoms with E-state index in [-0.39, 0.29) is 11.3 Å². The van der Waals surface area contributed by atoms with E-state index in [1.165, 1.54) is 25.7 Å². The molecule has 23 heavy (non-hydrogen) atoms. The van der Waals surface area contributed by atoms with Gasteiger partial charge in [-0.25, -0.2) is 0 Å². The Kier molecular flexibility index (Phi) is 4.54. The van der Waals surface area contributed by atoms with Crippen LogP contribution in [0.1, 0.15) is 73.1 Å². The molecular weight excluding hydrogens is 286 g/mol. The molecule has 1 aliphatic heterocycles. The summed E-state index contributed by atoms with van der Waals surface area (Å²) in [6.45, 7) is 12.1. The summed E-state index contributed by atoms with van der Waals surface area (Å²) in [5.74, 6) is 2.06. The van der Waals surface area contributed by atoms with E-state index in [0.717, 1.165) is 18.9 Å². The van der Waals surface area contributed by atoms with Crippen molar-refractivity contribution < 1.29 is 9.53 Å². The van der Waals surface area contributed by atoms with Crippen LogP contribution >= 0.6 is 0 Å². The summed E-state index contributed by atoms with van der Waals surface area (Å²) in [4.78, 5) is 12.5. The lowest BCUT2D eigenvalue weighted by Gasteiger charge is -2.53. The minimum atomic E-state index is 0.219. The highest BCUT2D eigenvalue weighted by molar-refractivity contribution is 5.76. The predicted molar refractivity (Wildman–Crippen MR) is 93.1 cm³/mol. The van der Waals surface area contributed by atoms with Gasteiger partial charge in [-0.1, -0.05) is 41.0 Å². The van der Waals surface area contributed by atoms with Gasteiger partial charge in [-0.05, 0) is 54.3 Å². The van der Waals surface area contributed by atoms with Crippen molar-refractivity contribution in [2.24, 2.45) is 28.6 Å². The molecule has 0 aromatic carbocycles. The van der Waals surface area contributed by atoms with Gasteiger partial charge in [0.25, 0.3) is 0 Å². The summed E-state index contributed by atoms with van der Waals surface area (Å²) in [7, 11) is 0. The first-order chi connectivity index (χ1) is 10.8. The summed E-state index contributed by atoms with van der Waals surface area (Å²) in [6.07, 6.45) is 7.15. The maximum absolute atomic E-state index is 12.5. The van der Waals surface area contributed by atoms with Crippen LogP contribution < -0.4 is 5.32 Å². The second-order valence-corrected chi connectivity index (χ2v) is 9.34. The van der Waals surface area contributed by atoms with E-state index in [4.69, 9.17) is 4.74 Å². The van der Waals surface area contributed by atoms with E-state index in [9.17, 15) is 4.79 Å². The standard InChI is InChI=1S/C20H35NO2/c1-6-7-16-15-11-14-12-20(15,8-9-23-16)18(19(14,4)5)21-17(22)10-13(2)3/h13-16,18H,6-12H2,1-5H3,(H,21,22)/t14-,15-,16-,18+,20-/m1/s1. The van der Waals surface area contributed by atoms with E-state index in [0.29, 0.717) is 35.8 Å². The van der Waals surface area contributed by atoms with Crippen LogP contribution in [0.3, 0.4) is 0 Å². The summed E-state index contributed by atoms with van der Waals surface area (Å²) in [6, 6.07) is 0.327. The first-order valence-corrected chi connectivity index (χ1v) is 9.72. The van der Waals surface area contributed by atoms with E-state index in [1.54, 1.807) is 0 Å². The highest BCUT2D eigenvalue weighted by Crippen LogP contribution is 2.68. The maximum Gasteiger partial charge on any atom is 0.220 e. The van der Waals surface area contributed by atoms with Gasteiger partial charge in [0.1, 0.15) is 0 Å². The molecule has 3 heteroatoms. The third-order valence-electron chi connectivity index (χ3n) is 7.09. The molecular formula is C20H35NO2. The lowest BCUT2D eigenvalue weighted by atomic mass is 9.59. The summed E-state index contributed by atoms with van der Waals surface area (Å²) in [5, 5.41) is 3.49. The van der Waals surface area contributed by atoms with Crippen molar-refractivity contribution in [3.63, 3.8) is 0 Å². The number of fused-ring (bicyclic) bond motifs is 1. The molecule has 1 heterocycles. The van der Waals surface area contributed by atoms with E-state index in [2.05, 4.69) is 39.9 Å². The zero-order chi connectivity index (χ0) is 16.8. The van der Waals surface area contributed by atoms with Crippen LogP contribution in [0.15, 0.2) is 0 Å². The third kappa shape index (κ3) is 2.73. The van der Waals surface area contributed by atoms with E-state index < -0.39 is 0 Å². The van der Waals surface area contributed by atoms with E-state index >= 15 is 0 Å². The molecule has 3 rings (SSSR count). The molecule has 5 atom stereocenters. The van der Waals surface area contributed by atoms with Crippen molar-refractivity contribution in [3.8, 4) is 0 Å². The Hall–Kier alpha value is -0.570. The molecule has 3 aliphatic rings. The Morgan fingerprint density at radius 1 is 1.35 bits per heavy atom. The van der Waals surface area contributed by atoms with Gasteiger partial charge in [-0.3, -0.25) is 4.79 Å². The molecule has 2 aliphatic carbocycles. The van der Waals surface area contributed by atoms with Crippen molar-refractivity contribution in [2.45, 2.75) is 85.3 Å². The van der Waals surface area contributed by atoms with Crippen LogP contribution in [0, 0.1) is 28.6 Å². The van der Waals surface area contributed by atoms with Gasteiger partial charge >= 0.3 is 0 Å². The number of hydrogen-bond acceptors (Lipinski definition) is 2. The number of carbonyl (C=O) groups is 1. The molecule has 3 fully saturated rings. The molecule has 1 N–H and O–H groups in total. The minimum Gasteiger partial charge on any atom is -0.378 e.